The van der Waals surface area contributed by atoms with Gasteiger partial charge in [0.25, 0.3) is 5.91 Å². The Kier molecular flexibility index (Phi) is 1.99. The Morgan fingerprint density at radius 2 is 2.14 bits per heavy atom. The van der Waals surface area contributed by atoms with E-state index in [2.05, 4.69) is 5.32 Å². The van der Waals surface area contributed by atoms with Gasteiger partial charge in [-0.1, -0.05) is 0 Å². The van der Waals surface area contributed by atoms with Gasteiger partial charge >= 0.3 is 0 Å². The summed E-state index contributed by atoms with van der Waals surface area (Å²) in [6.45, 7) is 2.70. The van der Waals surface area contributed by atoms with Crippen LogP contribution in [0, 0.1) is 0 Å². The second-order valence-electron chi connectivity index (χ2n) is 4.45. The highest BCUT2D eigenvalue weighted by Crippen LogP contribution is 2.30. The maximum absolute atomic E-state index is 12.0. The molecule has 3 aliphatic rings. The van der Waals surface area contributed by atoms with E-state index in [-0.39, 0.29) is 12.0 Å². The number of fused-ring (bicyclic) bond motifs is 2. The molecule has 0 aliphatic carbocycles. The van der Waals surface area contributed by atoms with Crippen LogP contribution in [0.5, 0.6) is 0 Å². The third-order valence-electron chi connectivity index (χ3n) is 3.55. The van der Waals surface area contributed by atoms with Crippen molar-refractivity contribution in [2.45, 2.75) is 37.5 Å². The summed E-state index contributed by atoms with van der Waals surface area (Å²) in [4.78, 5) is 14.1. The molecule has 4 heteroatoms. The third-order valence-corrected chi connectivity index (χ3v) is 3.55. The first-order valence-electron chi connectivity index (χ1n) is 5.51. The molecule has 4 nitrogen and oxygen atoms in total. The summed E-state index contributed by atoms with van der Waals surface area (Å²) < 4.78 is 5.43. The lowest BCUT2D eigenvalue weighted by atomic mass is 9.88. The monoisotopic (exact) mass is 196 g/mol. The molecule has 0 aromatic heterocycles. The van der Waals surface area contributed by atoms with Crippen LogP contribution in [0.3, 0.4) is 0 Å². The first kappa shape index (κ1) is 8.68. The quantitative estimate of drug-likeness (QED) is 0.628. The zero-order valence-electron chi connectivity index (χ0n) is 8.24. The van der Waals surface area contributed by atoms with Gasteiger partial charge in [-0.25, -0.2) is 0 Å². The zero-order chi connectivity index (χ0) is 9.54. The molecule has 2 unspecified atom stereocenters. The van der Waals surface area contributed by atoms with E-state index in [1.807, 2.05) is 4.90 Å². The summed E-state index contributed by atoms with van der Waals surface area (Å²) in [6.07, 6.45) is 3.02. The van der Waals surface area contributed by atoms with Gasteiger partial charge in [-0.05, 0) is 19.3 Å². The molecule has 0 radical (unpaired) electrons. The summed E-state index contributed by atoms with van der Waals surface area (Å²) in [5, 5.41) is 3.32. The number of nitrogens with one attached hydrogen (secondary N) is 1. The highest BCUT2D eigenvalue weighted by Gasteiger charge is 2.46. The average molecular weight is 196 g/mol. The van der Waals surface area contributed by atoms with Gasteiger partial charge in [-0.3, -0.25) is 4.79 Å². The van der Waals surface area contributed by atoms with Gasteiger partial charge in [0, 0.05) is 31.8 Å². The van der Waals surface area contributed by atoms with Gasteiger partial charge in [-0.15, -0.1) is 0 Å². The van der Waals surface area contributed by atoms with Crippen LogP contribution in [-0.4, -0.2) is 48.7 Å². The number of piperazine rings is 1. The molecular formula is C10H16N2O2. The molecule has 1 N–H and O–H groups in total. The Bertz CT molecular complexity index is 237. The number of ether oxygens (including phenoxy) is 1. The van der Waals surface area contributed by atoms with Crippen molar-refractivity contribution in [1.29, 1.82) is 0 Å². The molecule has 78 valence electrons. The number of nitrogens with zero attached hydrogens (tertiary/aromatic N) is 1. The lowest BCUT2D eigenvalue weighted by Gasteiger charge is -2.53. The first-order valence-corrected chi connectivity index (χ1v) is 5.51. The molecule has 1 amide bonds. The lowest BCUT2D eigenvalue weighted by molar-refractivity contribution is -0.157. The number of piperidine rings is 1. The number of rotatable bonds is 1. The summed E-state index contributed by atoms with van der Waals surface area (Å²) in [7, 11) is 0. The SMILES string of the molecule is O=C([C@H]1CCCO1)N1C2CNCC1C2. The van der Waals surface area contributed by atoms with E-state index in [0.717, 1.165) is 32.5 Å². The standard InChI is InChI=1S/C10H16N2O2/c13-10(9-2-1-3-14-9)12-7-4-8(12)6-11-5-7/h7-9,11H,1-6H2/t7?,8?,9-/m1/s1. The Hall–Kier alpha value is -0.610. The number of carbonyl (C=O) groups excluding carboxylic acids is 1. The number of hydrogen-bond acceptors (Lipinski definition) is 3. The van der Waals surface area contributed by atoms with E-state index >= 15 is 0 Å². The lowest BCUT2D eigenvalue weighted by Crippen LogP contribution is -2.70. The second kappa shape index (κ2) is 3.21. The Morgan fingerprint density at radius 1 is 1.36 bits per heavy atom. The first-order chi connectivity index (χ1) is 6.86. The van der Waals surface area contributed by atoms with Crippen LogP contribution in [0.15, 0.2) is 0 Å². The van der Waals surface area contributed by atoms with E-state index in [9.17, 15) is 4.79 Å². The summed E-state index contributed by atoms with van der Waals surface area (Å²) in [5.41, 5.74) is 0. The minimum atomic E-state index is -0.126. The van der Waals surface area contributed by atoms with E-state index in [0.29, 0.717) is 12.1 Å². The van der Waals surface area contributed by atoms with Gasteiger partial charge in [0.15, 0.2) is 0 Å². The van der Waals surface area contributed by atoms with Crippen LogP contribution in [0.2, 0.25) is 0 Å². The van der Waals surface area contributed by atoms with Gasteiger partial charge in [0.05, 0.1) is 0 Å². The molecule has 0 aromatic carbocycles. The zero-order valence-corrected chi connectivity index (χ0v) is 8.24. The van der Waals surface area contributed by atoms with Crippen molar-refractivity contribution in [3.63, 3.8) is 0 Å². The molecular weight excluding hydrogens is 180 g/mol. The molecule has 0 saturated carbocycles. The van der Waals surface area contributed by atoms with Gasteiger partial charge in [0.2, 0.25) is 0 Å². The molecule has 3 rings (SSSR count). The van der Waals surface area contributed by atoms with Crippen molar-refractivity contribution in [3.8, 4) is 0 Å². The molecule has 0 aromatic rings. The average Bonchev–Trinajstić information content (AvgIpc) is 2.71. The molecule has 3 atom stereocenters. The topological polar surface area (TPSA) is 41.6 Å². The molecule has 14 heavy (non-hydrogen) atoms. The van der Waals surface area contributed by atoms with Crippen LogP contribution in [0.4, 0.5) is 0 Å². The van der Waals surface area contributed by atoms with Crippen molar-refractivity contribution < 1.29 is 9.53 Å². The minimum Gasteiger partial charge on any atom is -0.368 e. The molecule has 3 heterocycles. The fourth-order valence-corrected chi connectivity index (χ4v) is 2.78. The maximum atomic E-state index is 12.0. The fraction of sp³-hybridized carbons (Fsp3) is 0.900. The Balaban J connectivity index is 1.67. The van der Waals surface area contributed by atoms with Crippen LogP contribution in [-0.2, 0) is 9.53 Å². The largest absolute Gasteiger partial charge is 0.368 e. The predicted octanol–water partition coefficient (Wildman–Crippen LogP) is -0.262. The van der Waals surface area contributed by atoms with Crippen LogP contribution in [0.25, 0.3) is 0 Å². The van der Waals surface area contributed by atoms with E-state index < -0.39 is 0 Å². The van der Waals surface area contributed by atoms with Crippen LogP contribution >= 0.6 is 0 Å². The second-order valence-corrected chi connectivity index (χ2v) is 4.45. The molecule has 3 saturated heterocycles. The van der Waals surface area contributed by atoms with Gasteiger partial charge in [-0.2, -0.15) is 0 Å². The summed E-state index contributed by atoms with van der Waals surface area (Å²) in [6, 6.07) is 0.899. The molecule has 3 aliphatic heterocycles. The predicted molar refractivity (Wildman–Crippen MR) is 50.9 cm³/mol. The Morgan fingerprint density at radius 3 is 2.71 bits per heavy atom. The third kappa shape index (κ3) is 1.17. The van der Waals surface area contributed by atoms with Crippen LogP contribution < -0.4 is 5.32 Å². The highest BCUT2D eigenvalue weighted by molar-refractivity contribution is 5.82. The maximum Gasteiger partial charge on any atom is 0.252 e. The Labute approximate surface area is 83.6 Å². The van der Waals surface area contributed by atoms with Crippen molar-refractivity contribution in [1.82, 2.24) is 10.2 Å². The summed E-state index contributed by atoms with van der Waals surface area (Å²) in [5.74, 6) is 0.241. The fourth-order valence-electron chi connectivity index (χ4n) is 2.78. The van der Waals surface area contributed by atoms with Gasteiger partial charge < -0.3 is 15.0 Å². The molecule has 2 bridgehead atoms. The van der Waals surface area contributed by atoms with E-state index in [1.165, 1.54) is 6.42 Å². The van der Waals surface area contributed by atoms with Gasteiger partial charge in [0.1, 0.15) is 6.10 Å². The summed E-state index contributed by atoms with van der Waals surface area (Å²) >= 11 is 0. The van der Waals surface area contributed by atoms with Crippen molar-refractivity contribution in [3.05, 3.63) is 0 Å². The number of hydrogen-bond donors (Lipinski definition) is 1. The van der Waals surface area contributed by atoms with E-state index in [1.54, 1.807) is 0 Å². The van der Waals surface area contributed by atoms with Crippen molar-refractivity contribution in [2.24, 2.45) is 0 Å². The minimum absolute atomic E-state index is 0.126. The molecule has 0 spiro atoms. The van der Waals surface area contributed by atoms with Crippen LogP contribution in [0.1, 0.15) is 19.3 Å². The van der Waals surface area contributed by atoms with E-state index in [4.69, 9.17) is 4.74 Å². The normalized spacial score (nSPS) is 40.9. The number of amides is 1. The smallest absolute Gasteiger partial charge is 0.252 e. The molecule has 3 fully saturated rings. The van der Waals surface area contributed by atoms with Crippen molar-refractivity contribution in [2.75, 3.05) is 19.7 Å². The highest BCUT2D eigenvalue weighted by atomic mass is 16.5. The number of carbonyl (C=O) groups is 1. The van der Waals surface area contributed by atoms with Crippen molar-refractivity contribution >= 4 is 5.91 Å².